The first kappa shape index (κ1) is 15.4. The van der Waals surface area contributed by atoms with E-state index in [1.165, 1.54) is 0 Å². The molecule has 0 saturated carbocycles. The molecule has 1 unspecified atom stereocenters. The predicted molar refractivity (Wildman–Crippen MR) is 72.3 cm³/mol. The number of hydrogen-bond donors (Lipinski definition) is 1. The molecule has 0 bridgehead atoms. The Morgan fingerprint density at radius 1 is 1.39 bits per heavy atom. The minimum atomic E-state index is -2.46. The molecule has 0 amide bonds. The molecule has 0 aliphatic heterocycles. The van der Waals surface area contributed by atoms with Crippen LogP contribution in [0.5, 0.6) is 5.75 Å². The van der Waals surface area contributed by atoms with Crippen molar-refractivity contribution in [3.05, 3.63) is 28.2 Å². The first-order valence-corrected chi connectivity index (χ1v) is 6.77. The van der Waals surface area contributed by atoms with Crippen LogP contribution in [0.15, 0.2) is 22.7 Å². The maximum atomic E-state index is 12.2. The van der Waals surface area contributed by atoms with Crippen molar-refractivity contribution in [1.29, 1.82) is 0 Å². The van der Waals surface area contributed by atoms with Crippen molar-refractivity contribution in [2.45, 2.75) is 32.7 Å². The van der Waals surface area contributed by atoms with Crippen molar-refractivity contribution in [1.82, 2.24) is 5.32 Å². The van der Waals surface area contributed by atoms with E-state index in [1.807, 2.05) is 13.0 Å². The lowest BCUT2D eigenvalue weighted by Crippen LogP contribution is -2.20. The Kier molecular flexibility index (Phi) is 6.57. The number of alkyl halides is 2. The molecule has 102 valence electrons. The van der Waals surface area contributed by atoms with Crippen LogP contribution >= 0.6 is 15.9 Å². The number of rotatable bonds is 7. The van der Waals surface area contributed by atoms with Crippen LogP contribution in [0.2, 0.25) is 0 Å². The van der Waals surface area contributed by atoms with Gasteiger partial charge in [0, 0.05) is 16.1 Å². The minimum Gasteiger partial charge on any atom is -0.487 e. The summed E-state index contributed by atoms with van der Waals surface area (Å²) in [5.74, 6) is 0.509. The highest BCUT2D eigenvalue weighted by Crippen LogP contribution is 2.28. The van der Waals surface area contributed by atoms with E-state index in [9.17, 15) is 8.78 Å². The van der Waals surface area contributed by atoms with Gasteiger partial charge in [0.05, 0.1) is 0 Å². The summed E-state index contributed by atoms with van der Waals surface area (Å²) in [4.78, 5) is 0. The molecule has 0 saturated heterocycles. The summed E-state index contributed by atoms with van der Waals surface area (Å²) in [5, 5.41) is 3.32. The van der Waals surface area contributed by atoms with E-state index >= 15 is 0 Å². The fourth-order valence-corrected chi connectivity index (χ4v) is 1.99. The fourth-order valence-electron chi connectivity index (χ4n) is 1.61. The van der Waals surface area contributed by atoms with Gasteiger partial charge in [-0.1, -0.05) is 22.9 Å². The highest BCUT2D eigenvalue weighted by molar-refractivity contribution is 9.10. The molecule has 1 atom stereocenters. The molecule has 2 nitrogen and oxygen atoms in total. The Balaban J connectivity index is 2.81. The van der Waals surface area contributed by atoms with Gasteiger partial charge in [-0.05, 0) is 38.1 Å². The van der Waals surface area contributed by atoms with Crippen molar-refractivity contribution in [2.24, 2.45) is 0 Å². The summed E-state index contributed by atoms with van der Waals surface area (Å²) >= 11 is 3.38. The van der Waals surface area contributed by atoms with Gasteiger partial charge in [0.1, 0.15) is 12.4 Å². The number of hydrogen-bond acceptors (Lipinski definition) is 2. The maximum absolute atomic E-state index is 12.2. The van der Waals surface area contributed by atoms with Gasteiger partial charge >= 0.3 is 0 Å². The zero-order chi connectivity index (χ0) is 13.5. The molecule has 0 spiro atoms. The molecule has 0 radical (unpaired) electrons. The van der Waals surface area contributed by atoms with Crippen molar-refractivity contribution in [3.8, 4) is 5.75 Å². The monoisotopic (exact) mass is 321 g/mol. The molecule has 0 aliphatic rings. The molecule has 1 aromatic rings. The van der Waals surface area contributed by atoms with Crippen LogP contribution in [0, 0.1) is 0 Å². The van der Waals surface area contributed by atoms with E-state index in [4.69, 9.17) is 4.74 Å². The average molecular weight is 322 g/mol. The number of halogens is 3. The standard InChI is InChI=1S/C13H18BrF2NO/c1-3-6-17-9(2)11-7-10(14)4-5-12(11)18-8-13(15)16/h4-5,7,9,13,17H,3,6,8H2,1-2H3. The second kappa shape index (κ2) is 7.69. The van der Waals surface area contributed by atoms with Crippen LogP contribution in [0.25, 0.3) is 0 Å². The second-order valence-electron chi connectivity index (χ2n) is 4.06. The summed E-state index contributed by atoms with van der Waals surface area (Å²) in [5.41, 5.74) is 0.887. The Hall–Kier alpha value is -0.680. The molecule has 1 N–H and O–H groups in total. The lowest BCUT2D eigenvalue weighted by atomic mass is 10.1. The van der Waals surface area contributed by atoms with Crippen LogP contribution in [0.4, 0.5) is 8.78 Å². The molecule has 0 aliphatic carbocycles. The first-order chi connectivity index (χ1) is 8.54. The van der Waals surface area contributed by atoms with Crippen LogP contribution < -0.4 is 10.1 Å². The topological polar surface area (TPSA) is 21.3 Å². The van der Waals surface area contributed by atoms with E-state index < -0.39 is 13.0 Å². The molecule has 0 fully saturated rings. The molecule has 18 heavy (non-hydrogen) atoms. The normalized spacial score (nSPS) is 12.8. The van der Waals surface area contributed by atoms with Gasteiger partial charge in [-0.2, -0.15) is 0 Å². The highest BCUT2D eigenvalue weighted by Gasteiger charge is 2.13. The van der Waals surface area contributed by atoms with Gasteiger partial charge < -0.3 is 10.1 Å². The lowest BCUT2D eigenvalue weighted by molar-refractivity contribution is 0.0811. The van der Waals surface area contributed by atoms with E-state index in [0.29, 0.717) is 5.75 Å². The third-order valence-electron chi connectivity index (χ3n) is 2.50. The Bertz CT molecular complexity index is 374. The van der Waals surface area contributed by atoms with E-state index in [2.05, 4.69) is 28.2 Å². The molecular formula is C13H18BrF2NO. The zero-order valence-electron chi connectivity index (χ0n) is 10.6. The highest BCUT2D eigenvalue weighted by atomic mass is 79.9. The van der Waals surface area contributed by atoms with Crippen molar-refractivity contribution in [2.75, 3.05) is 13.2 Å². The molecule has 0 heterocycles. The van der Waals surface area contributed by atoms with Gasteiger partial charge in [0.15, 0.2) is 0 Å². The second-order valence-corrected chi connectivity index (χ2v) is 4.98. The summed E-state index contributed by atoms with van der Waals surface area (Å²) < 4.78 is 30.4. The molecule has 0 aromatic heterocycles. The van der Waals surface area contributed by atoms with Crippen molar-refractivity contribution < 1.29 is 13.5 Å². The predicted octanol–water partition coefficient (Wildman–Crippen LogP) is 4.15. The maximum Gasteiger partial charge on any atom is 0.272 e. The third kappa shape index (κ3) is 4.90. The lowest BCUT2D eigenvalue weighted by Gasteiger charge is -2.18. The Morgan fingerprint density at radius 2 is 2.11 bits per heavy atom. The fraction of sp³-hybridized carbons (Fsp3) is 0.538. The van der Waals surface area contributed by atoms with Gasteiger partial charge in [-0.25, -0.2) is 8.78 Å². The van der Waals surface area contributed by atoms with Crippen LogP contribution in [-0.2, 0) is 0 Å². The summed E-state index contributed by atoms with van der Waals surface area (Å²) in [6.45, 7) is 4.37. The zero-order valence-corrected chi connectivity index (χ0v) is 12.1. The Labute approximate surface area is 115 Å². The molecule has 1 aromatic carbocycles. The SMILES string of the molecule is CCCNC(C)c1cc(Br)ccc1OCC(F)F. The molecule has 5 heteroatoms. The number of ether oxygens (including phenoxy) is 1. The third-order valence-corrected chi connectivity index (χ3v) is 3.00. The van der Waals surface area contributed by atoms with Gasteiger partial charge in [0.2, 0.25) is 0 Å². The number of benzene rings is 1. The van der Waals surface area contributed by atoms with Crippen LogP contribution in [0.1, 0.15) is 31.9 Å². The van der Waals surface area contributed by atoms with Crippen LogP contribution in [-0.4, -0.2) is 19.6 Å². The quantitative estimate of drug-likeness (QED) is 0.814. The average Bonchev–Trinajstić information content (AvgIpc) is 2.34. The molecule has 1 rings (SSSR count). The minimum absolute atomic E-state index is 0.0649. The van der Waals surface area contributed by atoms with Gasteiger partial charge in [0.25, 0.3) is 6.43 Å². The summed E-state index contributed by atoms with van der Waals surface area (Å²) in [6, 6.07) is 5.46. The van der Waals surface area contributed by atoms with Gasteiger partial charge in [-0.15, -0.1) is 0 Å². The van der Waals surface area contributed by atoms with Gasteiger partial charge in [-0.3, -0.25) is 0 Å². The first-order valence-electron chi connectivity index (χ1n) is 5.98. The smallest absolute Gasteiger partial charge is 0.272 e. The summed E-state index contributed by atoms with van der Waals surface area (Å²) in [6.07, 6.45) is -1.44. The van der Waals surface area contributed by atoms with Crippen LogP contribution in [0.3, 0.4) is 0 Å². The summed E-state index contributed by atoms with van der Waals surface area (Å²) in [7, 11) is 0. The van der Waals surface area contributed by atoms with E-state index in [-0.39, 0.29) is 6.04 Å². The van der Waals surface area contributed by atoms with E-state index in [1.54, 1.807) is 12.1 Å². The largest absolute Gasteiger partial charge is 0.487 e. The van der Waals surface area contributed by atoms with Crippen molar-refractivity contribution >= 4 is 15.9 Å². The van der Waals surface area contributed by atoms with E-state index in [0.717, 1.165) is 23.0 Å². The molecular weight excluding hydrogens is 304 g/mol. The van der Waals surface area contributed by atoms with Crippen molar-refractivity contribution in [3.63, 3.8) is 0 Å². The Morgan fingerprint density at radius 3 is 2.72 bits per heavy atom. The number of nitrogens with one attached hydrogen (secondary N) is 1.